The highest BCUT2D eigenvalue weighted by molar-refractivity contribution is 7.92. The molecule has 0 unspecified atom stereocenters. The molecule has 174 valence electrons. The quantitative estimate of drug-likeness (QED) is 0.415. The molecule has 0 fully saturated rings. The maximum absolute atomic E-state index is 12.4. The van der Waals surface area contributed by atoms with Gasteiger partial charge in [0.2, 0.25) is 15.9 Å². The number of carbonyl (C=O) groups excluding carboxylic acids is 1. The first-order valence-corrected chi connectivity index (χ1v) is 12.8. The van der Waals surface area contributed by atoms with E-state index < -0.39 is 10.0 Å². The molecule has 0 aliphatic rings. The first kappa shape index (κ1) is 24.6. The van der Waals surface area contributed by atoms with Crippen molar-refractivity contribution in [3.8, 4) is 5.75 Å². The normalized spacial score (nSPS) is 11.1. The number of nitrogens with zero attached hydrogens (tertiary/aromatic N) is 1. The van der Waals surface area contributed by atoms with E-state index in [1.54, 1.807) is 42.5 Å². The number of ether oxygens (including phenoxy) is 1. The molecule has 0 saturated heterocycles. The van der Waals surface area contributed by atoms with Crippen molar-refractivity contribution in [1.29, 1.82) is 0 Å². The van der Waals surface area contributed by atoms with Crippen LogP contribution in [0.4, 0.5) is 11.4 Å². The Labute approximate surface area is 200 Å². The third-order valence-electron chi connectivity index (χ3n) is 4.99. The summed E-state index contributed by atoms with van der Waals surface area (Å²) in [6.07, 6.45) is 1.69. The number of halogens is 1. The SMILES string of the molecule is Cc1ccc(Cl)cc1N(CCCC(=O)Nc1ccc(OCc2ccccc2)cc1)S(C)(=O)=O. The maximum Gasteiger partial charge on any atom is 0.232 e. The molecule has 0 aliphatic carbocycles. The van der Waals surface area contributed by atoms with Gasteiger partial charge in [-0.05, 0) is 60.9 Å². The molecule has 0 radical (unpaired) electrons. The predicted octanol–water partition coefficient (Wildman–Crippen LogP) is 5.41. The Kier molecular flexibility index (Phi) is 8.36. The molecule has 3 rings (SSSR count). The van der Waals surface area contributed by atoms with Crippen molar-refractivity contribution in [2.45, 2.75) is 26.4 Å². The van der Waals surface area contributed by atoms with Crippen LogP contribution in [0.1, 0.15) is 24.0 Å². The molecule has 0 atom stereocenters. The first-order valence-electron chi connectivity index (χ1n) is 10.5. The van der Waals surface area contributed by atoms with Gasteiger partial charge in [0.05, 0.1) is 11.9 Å². The summed E-state index contributed by atoms with van der Waals surface area (Å²) in [4.78, 5) is 12.4. The molecule has 0 aliphatic heterocycles. The fourth-order valence-electron chi connectivity index (χ4n) is 3.30. The largest absolute Gasteiger partial charge is 0.489 e. The third kappa shape index (κ3) is 7.51. The Morgan fingerprint density at radius 1 is 1.03 bits per heavy atom. The molecule has 6 nitrogen and oxygen atoms in total. The fraction of sp³-hybridized carbons (Fsp3) is 0.240. The molecular formula is C25H27ClN2O4S. The van der Waals surface area contributed by atoms with Crippen LogP contribution in [0.5, 0.6) is 5.75 Å². The second kappa shape index (κ2) is 11.2. The van der Waals surface area contributed by atoms with Gasteiger partial charge in [-0.2, -0.15) is 0 Å². The monoisotopic (exact) mass is 486 g/mol. The van der Waals surface area contributed by atoms with Crippen molar-refractivity contribution >= 4 is 38.9 Å². The van der Waals surface area contributed by atoms with E-state index in [1.165, 1.54) is 4.31 Å². The van der Waals surface area contributed by atoms with Crippen LogP contribution in [0.2, 0.25) is 5.02 Å². The smallest absolute Gasteiger partial charge is 0.232 e. The van der Waals surface area contributed by atoms with E-state index in [-0.39, 0.29) is 18.9 Å². The molecule has 0 heterocycles. The molecule has 8 heteroatoms. The minimum Gasteiger partial charge on any atom is -0.489 e. The van der Waals surface area contributed by atoms with Gasteiger partial charge >= 0.3 is 0 Å². The second-order valence-corrected chi connectivity index (χ2v) is 10.1. The van der Waals surface area contributed by atoms with E-state index in [1.807, 2.05) is 37.3 Å². The van der Waals surface area contributed by atoms with Gasteiger partial charge in [0, 0.05) is 23.7 Å². The minimum absolute atomic E-state index is 0.178. The lowest BCUT2D eigenvalue weighted by atomic mass is 10.2. The number of nitrogens with one attached hydrogen (secondary N) is 1. The third-order valence-corrected chi connectivity index (χ3v) is 6.41. The lowest BCUT2D eigenvalue weighted by molar-refractivity contribution is -0.116. The van der Waals surface area contributed by atoms with E-state index >= 15 is 0 Å². The second-order valence-electron chi connectivity index (χ2n) is 7.72. The number of carbonyl (C=O) groups is 1. The van der Waals surface area contributed by atoms with Crippen molar-refractivity contribution in [3.05, 3.63) is 88.9 Å². The number of benzene rings is 3. The Morgan fingerprint density at radius 2 is 1.73 bits per heavy atom. The summed E-state index contributed by atoms with van der Waals surface area (Å²) in [6, 6.07) is 22.1. The zero-order chi connectivity index (χ0) is 23.8. The van der Waals surface area contributed by atoms with Crippen LogP contribution in [0.15, 0.2) is 72.8 Å². The Morgan fingerprint density at radius 3 is 2.39 bits per heavy atom. The van der Waals surface area contributed by atoms with Crippen molar-refractivity contribution in [1.82, 2.24) is 0 Å². The molecule has 3 aromatic rings. The Bertz CT molecular complexity index is 1180. The summed E-state index contributed by atoms with van der Waals surface area (Å²) in [7, 11) is -3.52. The fourth-order valence-corrected chi connectivity index (χ4v) is 4.48. The van der Waals surface area contributed by atoms with Crippen LogP contribution in [-0.4, -0.2) is 27.1 Å². The minimum atomic E-state index is -3.52. The van der Waals surface area contributed by atoms with E-state index in [0.717, 1.165) is 17.4 Å². The summed E-state index contributed by atoms with van der Waals surface area (Å²) >= 11 is 6.05. The van der Waals surface area contributed by atoms with E-state index in [2.05, 4.69) is 5.32 Å². The molecular weight excluding hydrogens is 460 g/mol. The molecule has 0 saturated carbocycles. The molecule has 1 N–H and O–H groups in total. The average Bonchev–Trinajstić information content (AvgIpc) is 2.78. The van der Waals surface area contributed by atoms with Crippen LogP contribution in [-0.2, 0) is 21.4 Å². The molecule has 0 aromatic heterocycles. The summed E-state index contributed by atoms with van der Waals surface area (Å²) in [5.74, 6) is 0.516. The van der Waals surface area contributed by atoms with Crippen molar-refractivity contribution in [2.24, 2.45) is 0 Å². The van der Waals surface area contributed by atoms with Gasteiger partial charge in [-0.25, -0.2) is 8.42 Å². The van der Waals surface area contributed by atoms with Crippen molar-refractivity contribution in [3.63, 3.8) is 0 Å². The van der Waals surface area contributed by atoms with Gasteiger partial charge in [0.15, 0.2) is 0 Å². The summed E-state index contributed by atoms with van der Waals surface area (Å²) < 4.78 is 31.7. The highest BCUT2D eigenvalue weighted by Gasteiger charge is 2.19. The van der Waals surface area contributed by atoms with E-state index in [9.17, 15) is 13.2 Å². The number of hydrogen-bond donors (Lipinski definition) is 1. The lowest BCUT2D eigenvalue weighted by Gasteiger charge is -2.24. The summed E-state index contributed by atoms with van der Waals surface area (Å²) in [6.45, 7) is 2.47. The molecule has 3 aromatic carbocycles. The van der Waals surface area contributed by atoms with Gasteiger partial charge < -0.3 is 10.1 Å². The van der Waals surface area contributed by atoms with Gasteiger partial charge in [-0.1, -0.05) is 48.0 Å². The van der Waals surface area contributed by atoms with Gasteiger partial charge in [0.25, 0.3) is 0 Å². The number of anilines is 2. The summed E-state index contributed by atoms with van der Waals surface area (Å²) in [5, 5.41) is 3.29. The molecule has 33 heavy (non-hydrogen) atoms. The Hall–Kier alpha value is -3.03. The zero-order valence-electron chi connectivity index (χ0n) is 18.6. The average molecular weight is 487 g/mol. The topological polar surface area (TPSA) is 75.7 Å². The van der Waals surface area contributed by atoms with Crippen LogP contribution >= 0.6 is 11.6 Å². The van der Waals surface area contributed by atoms with Gasteiger partial charge in [0.1, 0.15) is 12.4 Å². The standard InChI is InChI=1S/C25H27ClN2O4S/c1-19-10-11-21(26)17-24(19)28(33(2,30)31)16-6-9-25(29)27-22-12-14-23(15-13-22)32-18-20-7-4-3-5-8-20/h3-5,7-8,10-15,17H,6,9,16,18H2,1-2H3,(H,27,29). The van der Waals surface area contributed by atoms with Crippen LogP contribution in [0.3, 0.4) is 0 Å². The molecule has 0 spiro atoms. The molecule has 0 bridgehead atoms. The predicted molar refractivity (Wildman–Crippen MR) is 133 cm³/mol. The van der Waals surface area contributed by atoms with Crippen molar-refractivity contribution < 1.29 is 17.9 Å². The van der Waals surface area contributed by atoms with Gasteiger partial charge in [-0.15, -0.1) is 0 Å². The number of amides is 1. The van der Waals surface area contributed by atoms with Crippen LogP contribution in [0.25, 0.3) is 0 Å². The summed E-state index contributed by atoms with van der Waals surface area (Å²) in [5.41, 5.74) is 3.05. The van der Waals surface area contributed by atoms with Crippen LogP contribution < -0.4 is 14.4 Å². The highest BCUT2D eigenvalue weighted by atomic mass is 35.5. The Balaban J connectivity index is 1.51. The lowest BCUT2D eigenvalue weighted by Crippen LogP contribution is -2.32. The van der Waals surface area contributed by atoms with E-state index in [0.29, 0.717) is 35.2 Å². The van der Waals surface area contributed by atoms with Crippen molar-refractivity contribution in [2.75, 3.05) is 22.4 Å². The van der Waals surface area contributed by atoms with Gasteiger partial charge in [-0.3, -0.25) is 9.10 Å². The van der Waals surface area contributed by atoms with Crippen LogP contribution in [0, 0.1) is 6.92 Å². The maximum atomic E-state index is 12.4. The number of hydrogen-bond acceptors (Lipinski definition) is 4. The molecule has 1 amide bonds. The number of sulfonamides is 1. The number of aryl methyl sites for hydroxylation is 1. The highest BCUT2D eigenvalue weighted by Crippen LogP contribution is 2.26. The first-order chi connectivity index (χ1) is 15.7. The zero-order valence-corrected chi connectivity index (χ0v) is 20.2. The number of rotatable bonds is 10. The van der Waals surface area contributed by atoms with E-state index in [4.69, 9.17) is 16.3 Å².